The quantitative estimate of drug-likeness (QED) is 0.808. The number of H-pyrrole nitrogens is 1. The Morgan fingerprint density at radius 2 is 2.00 bits per heavy atom. The summed E-state index contributed by atoms with van der Waals surface area (Å²) in [5.74, 6) is -0.414. The monoisotopic (exact) mass is 343 g/mol. The molecule has 1 aromatic carbocycles. The minimum absolute atomic E-state index is 0.000720. The summed E-state index contributed by atoms with van der Waals surface area (Å²) in [6, 6.07) is 7.19. The van der Waals surface area contributed by atoms with E-state index in [0.29, 0.717) is 23.1 Å². The van der Waals surface area contributed by atoms with Gasteiger partial charge in [-0.1, -0.05) is 31.4 Å². The van der Waals surface area contributed by atoms with Crippen LogP contribution < -0.4 is 5.56 Å². The summed E-state index contributed by atoms with van der Waals surface area (Å²) in [7, 11) is 0. The van der Waals surface area contributed by atoms with Gasteiger partial charge in [0.1, 0.15) is 5.75 Å². The number of aromatic amines is 1. The van der Waals surface area contributed by atoms with Crippen molar-refractivity contribution >= 4 is 16.9 Å². The Balaban J connectivity index is 2.06. The van der Waals surface area contributed by atoms with Crippen LogP contribution in [0.3, 0.4) is 0 Å². The van der Waals surface area contributed by atoms with Crippen molar-refractivity contribution in [2.24, 2.45) is 5.92 Å². The number of aromatic hydroxyl groups is 1. The van der Waals surface area contributed by atoms with E-state index in [-0.39, 0.29) is 35.5 Å². The Bertz CT molecular complexity index is 805. The molecule has 5 heteroatoms. The van der Waals surface area contributed by atoms with Gasteiger partial charge in [-0.05, 0) is 37.8 Å². The molecule has 134 valence electrons. The van der Waals surface area contributed by atoms with Crippen LogP contribution in [0.2, 0.25) is 0 Å². The lowest BCUT2D eigenvalue weighted by molar-refractivity contribution is -0.144. The van der Waals surface area contributed by atoms with Crippen LogP contribution in [0.5, 0.6) is 5.75 Å². The lowest BCUT2D eigenvalue weighted by Gasteiger charge is -2.30. The Kier molecular flexibility index (Phi) is 5.41. The first-order valence-corrected chi connectivity index (χ1v) is 9.11. The lowest BCUT2D eigenvalue weighted by atomic mass is 9.75. The van der Waals surface area contributed by atoms with Crippen LogP contribution >= 0.6 is 0 Å². The predicted molar refractivity (Wildman–Crippen MR) is 96.8 cm³/mol. The molecular weight excluding hydrogens is 318 g/mol. The second-order valence-corrected chi connectivity index (χ2v) is 6.78. The molecule has 1 aliphatic carbocycles. The third-order valence-electron chi connectivity index (χ3n) is 5.21. The molecule has 2 N–H and O–H groups in total. The first kappa shape index (κ1) is 17.5. The zero-order valence-electron chi connectivity index (χ0n) is 14.6. The van der Waals surface area contributed by atoms with E-state index in [9.17, 15) is 14.7 Å². The maximum atomic E-state index is 12.7. The van der Waals surface area contributed by atoms with Gasteiger partial charge in [0.2, 0.25) is 0 Å². The molecule has 1 aromatic heterocycles. The SMILES string of the molecule is CCOC(=O)CC(c1c(O)c2ccccc2[nH]c1=O)C1CCCCC1. The van der Waals surface area contributed by atoms with Crippen LogP contribution in [-0.2, 0) is 9.53 Å². The van der Waals surface area contributed by atoms with Crippen LogP contribution in [0, 0.1) is 5.92 Å². The van der Waals surface area contributed by atoms with Gasteiger partial charge in [0.15, 0.2) is 0 Å². The second-order valence-electron chi connectivity index (χ2n) is 6.78. The van der Waals surface area contributed by atoms with Crippen LogP contribution in [0.15, 0.2) is 29.1 Å². The highest BCUT2D eigenvalue weighted by atomic mass is 16.5. The van der Waals surface area contributed by atoms with E-state index in [0.717, 1.165) is 25.7 Å². The van der Waals surface area contributed by atoms with Gasteiger partial charge in [-0.25, -0.2) is 0 Å². The number of esters is 1. The number of nitrogens with one attached hydrogen (secondary N) is 1. The Hall–Kier alpha value is -2.30. The van der Waals surface area contributed by atoms with Crippen molar-refractivity contribution in [1.29, 1.82) is 0 Å². The average molecular weight is 343 g/mol. The standard InChI is InChI=1S/C20H25NO4/c1-2-25-17(22)12-15(13-8-4-3-5-9-13)18-19(23)14-10-6-7-11-16(14)21-20(18)24/h6-7,10-11,13,15H,2-5,8-9,12H2,1H3,(H2,21,23,24). The summed E-state index contributed by atoms with van der Waals surface area (Å²) < 4.78 is 5.12. The highest BCUT2D eigenvalue weighted by Gasteiger charge is 2.32. The average Bonchev–Trinajstić information content (AvgIpc) is 2.62. The molecular formula is C20H25NO4. The number of benzene rings is 1. The molecule has 0 bridgehead atoms. The van der Waals surface area contributed by atoms with Gasteiger partial charge < -0.3 is 14.8 Å². The number of carbonyl (C=O) groups excluding carboxylic acids is 1. The number of ether oxygens (including phenoxy) is 1. The minimum Gasteiger partial charge on any atom is -0.507 e. The summed E-state index contributed by atoms with van der Waals surface area (Å²) in [5.41, 5.74) is 0.627. The number of hydrogen-bond donors (Lipinski definition) is 2. The predicted octanol–water partition coefficient (Wildman–Crippen LogP) is 3.85. The fourth-order valence-electron chi connectivity index (χ4n) is 4.03. The van der Waals surface area contributed by atoms with E-state index in [1.165, 1.54) is 6.42 Å². The third-order valence-corrected chi connectivity index (χ3v) is 5.21. The van der Waals surface area contributed by atoms with Crippen molar-refractivity contribution in [1.82, 2.24) is 4.98 Å². The first-order valence-electron chi connectivity index (χ1n) is 9.11. The molecule has 5 nitrogen and oxygen atoms in total. The van der Waals surface area contributed by atoms with E-state index < -0.39 is 0 Å². The van der Waals surface area contributed by atoms with Gasteiger partial charge >= 0.3 is 5.97 Å². The smallest absolute Gasteiger partial charge is 0.306 e. The number of rotatable bonds is 5. The summed E-state index contributed by atoms with van der Waals surface area (Å²) >= 11 is 0. The minimum atomic E-state index is -0.315. The van der Waals surface area contributed by atoms with Crippen LogP contribution in [0.4, 0.5) is 0 Å². The van der Waals surface area contributed by atoms with Crippen LogP contribution in [0.1, 0.15) is 56.9 Å². The molecule has 1 saturated carbocycles. The van der Waals surface area contributed by atoms with Crippen molar-refractivity contribution in [3.8, 4) is 5.75 Å². The number of hydrogen-bond acceptors (Lipinski definition) is 4. The van der Waals surface area contributed by atoms with E-state index >= 15 is 0 Å². The number of carbonyl (C=O) groups is 1. The van der Waals surface area contributed by atoms with Crippen molar-refractivity contribution in [2.45, 2.75) is 51.4 Å². The fraction of sp³-hybridized carbons (Fsp3) is 0.500. The van der Waals surface area contributed by atoms with Gasteiger partial charge in [0.05, 0.1) is 24.1 Å². The topological polar surface area (TPSA) is 79.4 Å². The number of para-hydroxylation sites is 1. The maximum absolute atomic E-state index is 12.7. The molecule has 25 heavy (non-hydrogen) atoms. The van der Waals surface area contributed by atoms with E-state index in [2.05, 4.69) is 4.98 Å². The van der Waals surface area contributed by atoms with E-state index in [1.807, 2.05) is 12.1 Å². The Labute approximate surface area is 147 Å². The molecule has 0 aliphatic heterocycles. The largest absolute Gasteiger partial charge is 0.507 e. The first-order chi connectivity index (χ1) is 12.1. The molecule has 0 radical (unpaired) electrons. The zero-order valence-corrected chi connectivity index (χ0v) is 14.6. The highest BCUT2D eigenvalue weighted by molar-refractivity contribution is 5.86. The van der Waals surface area contributed by atoms with Gasteiger partial charge in [-0.15, -0.1) is 0 Å². The number of aromatic nitrogens is 1. The number of fused-ring (bicyclic) bond motifs is 1. The van der Waals surface area contributed by atoms with Gasteiger partial charge in [-0.3, -0.25) is 9.59 Å². The molecule has 0 amide bonds. The molecule has 3 rings (SSSR count). The van der Waals surface area contributed by atoms with Crippen molar-refractivity contribution in [2.75, 3.05) is 6.61 Å². The molecule has 1 fully saturated rings. The number of pyridine rings is 1. The zero-order chi connectivity index (χ0) is 17.8. The van der Waals surface area contributed by atoms with Crippen molar-refractivity contribution < 1.29 is 14.6 Å². The molecule has 1 atom stereocenters. The molecule has 2 aromatic rings. The van der Waals surface area contributed by atoms with Gasteiger partial charge in [0, 0.05) is 11.3 Å². The molecule has 0 saturated heterocycles. The lowest BCUT2D eigenvalue weighted by Crippen LogP contribution is -2.26. The third kappa shape index (κ3) is 3.70. The van der Waals surface area contributed by atoms with Crippen molar-refractivity contribution in [3.05, 3.63) is 40.2 Å². The van der Waals surface area contributed by atoms with Gasteiger partial charge in [0.25, 0.3) is 5.56 Å². The van der Waals surface area contributed by atoms with Crippen molar-refractivity contribution in [3.63, 3.8) is 0 Å². The summed E-state index contributed by atoms with van der Waals surface area (Å²) in [6.07, 6.45) is 5.44. The maximum Gasteiger partial charge on any atom is 0.306 e. The van der Waals surface area contributed by atoms with Crippen LogP contribution in [0.25, 0.3) is 10.9 Å². The van der Waals surface area contributed by atoms with Crippen LogP contribution in [-0.4, -0.2) is 22.7 Å². The molecule has 1 unspecified atom stereocenters. The Morgan fingerprint density at radius 1 is 1.28 bits per heavy atom. The molecule has 0 spiro atoms. The summed E-state index contributed by atoms with van der Waals surface area (Å²) in [6.45, 7) is 2.09. The Morgan fingerprint density at radius 3 is 2.72 bits per heavy atom. The molecule has 1 heterocycles. The van der Waals surface area contributed by atoms with Gasteiger partial charge in [-0.2, -0.15) is 0 Å². The highest BCUT2D eigenvalue weighted by Crippen LogP contribution is 2.41. The van der Waals surface area contributed by atoms with E-state index in [1.54, 1.807) is 19.1 Å². The normalized spacial score (nSPS) is 16.7. The summed E-state index contributed by atoms with van der Waals surface area (Å²) in [5, 5.41) is 11.4. The molecule has 1 aliphatic rings. The second kappa shape index (κ2) is 7.72. The van der Waals surface area contributed by atoms with E-state index in [4.69, 9.17) is 4.74 Å². The fourth-order valence-corrected chi connectivity index (χ4v) is 4.03. The summed E-state index contributed by atoms with van der Waals surface area (Å²) in [4.78, 5) is 27.7.